The van der Waals surface area contributed by atoms with Crippen LogP contribution in [-0.4, -0.2) is 36.4 Å². The van der Waals surface area contributed by atoms with Crippen LogP contribution in [0.4, 0.5) is 0 Å². The Balaban J connectivity index is 2.20. The molecule has 2 rings (SSSR count). The van der Waals surface area contributed by atoms with Crippen LogP contribution in [0.1, 0.15) is 44.7 Å². The van der Waals surface area contributed by atoms with E-state index in [-0.39, 0.29) is 11.8 Å². The third-order valence-electron chi connectivity index (χ3n) is 5.03. The van der Waals surface area contributed by atoms with Gasteiger partial charge < -0.3 is 15.0 Å². The standard InChI is InChI=1S/C25H34N2O3/c1-5-23(25(29)26-17-19(2)3)27(18-21-12-9-13-22(16-21)30-4)24(28)15-14-20-10-7-6-8-11-20/h6-13,16,19,23H,5,14-15,17-18H2,1-4H3,(H,26,29). The summed E-state index contributed by atoms with van der Waals surface area (Å²) in [6.45, 7) is 7.03. The average molecular weight is 411 g/mol. The van der Waals surface area contributed by atoms with Crippen LogP contribution in [0.15, 0.2) is 54.6 Å². The Morgan fingerprint density at radius 2 is 1.73 bits per heavy atom. The fourth-order valence-corrected chi connectivity index (χ4v) is 3.35. The largest absolute Gasteiger partial charge is 0.497 e. The van der Waals surface area contributed by atoms with Crippen molar-refractivity contribution in [2.75, 3.05) is 13.7 Å². The van der Waals surface area contributed by atoms with Crippen molar-refractivity contribution in [2.24, 2.45) is 5.92 Å². The predicted molar refractivity (Wildman–Crippen MR) is 120 cm³/mol. The summed E-state index contributed by atoms with van der Waals surface area (Å²) in [5, 5.41) is 2.99. The molecule has 5 nitrogen and oxygen atoms in total. The molecule has 162 valence electrons. The summed E-state index contributed by atoms with van der Waals surface area (Å²) in [4.78, 5) is 27.8. The lowest BCUT2D eigenvalue weighted by molar-refractivity contribution is -0.141. The molecule has 0 aromatic heterocycles. The number of amides is 2. The third-order valence-corrected chi connectivity index (χ3v) is 5.03. The fourth-order valence-electron chi connectivity index (χ4n) is 3.35. The number of nitrogens with one attached hydrogen (secondary N) is 1. The van der Waals surface area contributed by atoms with Gasteiger partial charge >= 0.3 is 0 Å². The molecule has 0 fully saturated rings. The number of carbonyl (C=O) groups is 2. The van der Waals surface area contributed by atoms with E-state index >= 15 is 0 Å². The van der Waals surface area contributed by atoms with Crippen molar-refractivity contribution in [1.29, 1.82) is 0 Å². The van der Waals surface area contributed by atoms with Gasteiger partial charge in [-0.15, -0.1) is 0 Å². The lowest BCUT2D eigenvalue weighted by atomic mass is 10.1. The van der Waals surface area contributed by atoms with E-state index < -0.39 is 6.04 Å². The first-order chi connectivity index (χ1) is 14.4. The van der Waals surface area contributed by atoms with Crippen LogP contribution >= 0.6 is 0 Å². The zero-order valence-electron chi connectivity index (χ0n) is 18.6. The molecule has 5 heteroatoms. The highest BCUT2D eigenvalue weighted by Crippen LogP contribution is 2.18. The molecule has 0 aliphatic heterocycles. The first kappa shape index (κ1) is 23.5. The Kier molecular flexibility index (Phi) is 9.39. The minimum Gasteiger partial charge on any atom is -0.497 e. The second kappa shape index (κ2) is 12.0. The van der Waals surface area contributed by atoms with E-state index in [1.165, 1.54) is 0 Å². The van der Waals surface area contributed by atoms with Crippen molar-refractivity contribution in [3.8, 4) is 5.75 Å². The Labute approximate surface area is 180 Å². The summed E-state index contributed by atoms with van der Waals surface area (Å²) in [5.74, 6) is 0.976. The molecule has 0 radical (unpaired) electrons. The summed E-state index contributed by atoms with van der Waals surface area (Å²) >= 11 is 0. The summed E-state index contributed by atoms with van der Waals surface area (Å²) in [6.07, 6.45) is 1.57. The van der Waals surface area contributed by atoms with Crippen LogP contribution in [0, 0.1) is 5.92 Å². The van der Waals surface area contributed by atoms with Crippen molar-refractivity contribution < 1.29 is 14.3 Å². The first-order valence-corrected chi connectivity index (χ1v) is 10.7. The average Bonchev–Trinajstić information content (AvgIpc) is 2.76. The van der Waals surface area contributed by atoms with Gasteiger partial charge in [-0.3, -0.25) is 9.59 Å². The predicted octanol–water partition coefficient (Wildman–Crippen LogP) is 4.21. The number of hydrogen-bond acceptors (Lipinski definition) is 3. The third kappa shape index (κ3) is 7.21. The molecule has 0 heterocycles. The molecule has 1 N–H and O–H groups in total. The number of rotatable bonds is 11. The van der Waals surface area contributed by atoms with E-state index in [9.17, 15) is 9.59 Å². The van der Waals surface area contributed by atoms with Gasteiger partial charge in [0, 0.05) is 19.5 Å². The van der Waals surface area contributed by atoms with Crippen LogP contribution in [0.25, 0.3) is 0 Å². The molecule has 2 amide bonds. The second-order valence-electron chi connectivity index (χ2n) is 7.92. The van der Waals surface area contributed by atoms with Gasteiger partial charge in [0.1, 0.15) is 11.8 Å². The van der Waals surface area contributed by atoms with E-state index in [0.717, 1.165) is 16.9 Å². The molecule has 0 aliphatic carbocycles. The highest BCUT2D eigenvalue weighted by molar-refractivity contribution is 5.87. The van der Waals surface area contributed by atoms with Gasteiger partial charge in [0.05, 0.1) is 7.11 Å². The van der Waals surface area contributed by atoms with Crippen LogP contribution in [-0.2, 0) is 22.6 Å². The number of benzene rings is 2. The normalized spacial score (nSPS) is 11.8. The maximum Gasteiger partial charge on any atom is 0.242 e. The van der Waals surface area contributed by atoms with Crippen LogP contribution in [0.3, 0.4) is 0 Å². The van der Waals surface area contributed by atoms with Gasteiger partial charge in [-0.1, -0.05) is 63.2 Å². The van der Waals surface area contributed by atoms with Gasteiger partial charge in [0.2, 0.25) is 11.8 Å². The second-order valence-corrected chi connectivity index (χ2v) is 7.92. The number of nitrogens with zero attached hydrogens (tertiary/aromatic N) is 1. The van der Waals surface area contributed by atoms with Gasteiger partial charge in [0.25, 0.3) is 0 Å². The summed E-state index contributed by atoms with van der Waals surface area (Å²) in [7, 11) is 1.62. The quantitative estimate of drug-likeness (QED) is 0.604. The topological polar surface area (TPSA) is 58.6 Å². The van der Waals surface area contributed by atoms with Crippen molar-refractivity contribution >= 4 is 11.8 Å². The molecule has 0 saturated carbocycles. The molecular weight excluding hydrogens is 376 g/mol. The van der Waals surface area contributed by atoms with Crippen LogP contribution < -0.4 is 10.1 Å². The molecule has 0 spiro atoms. The van der Waals surface area contributed by atoms with Gasteiger partial charge in [-0.25, -0.2) is 0 Å². The Morgan fingerprint density at radius 1 is 1.03 bits per heavy atom. The lowest BCUT2D eigenvalue weighted by Crippen LogP contribution is -2.49. The van der Waals surface area contributed by atoms with E-state index in [1.807, 2.05) is 61.5 Å². The number of hydrogen-bond donors (Lipinski definition) is 1. The van der Waals surface area contributed by atoms with Crippen LogP contribution in [0.2, 0.25) is 0 Å². The highest BCUT2D eigenvalue weighted by Gasteiger charge is 2.28. The first-order valence-electron chi connectivity index (χ1n) is 10.7. The number of carbonyl (C=O) groups excluding carboxylic acids is 2. The zero-order chi connectivity index (χ0) is 21.9. The Bertz CT molecular complexity index is 805. The molecule has 2 aromatic rings. The van der Waals surface area contributed by atoms with E-state index in [2.05, 4.69) is 19.2 Å². The number of aryl methyl sites for hydroxylation is 1. The van der Waals surface area contributed by atoms with Gasteiger partial charge in [-0.05, 0) is 42.0 Å². The molecule has 2 aromatic carbocycles. The molecular formula is C25H34N2O3. The zero-order valence-corrected chi connectivity index (χ0v) is 18.6. The summed E-state index contributed by atoms with van der Waals surface area (Å²) in [5.41, 5.74) is 2.06. The summed E-state index contributed by atoms with van der Waals surface area (Å²) in [6, 6.07) is 17.1. The van der Waals surface area contributed by atoms with Crippen molar-refractivity contribution in [3.05, 3.63) is 65.7 Å². The van der Waals surface area contributed by atoms with Crippen molar-refractivity contribution in [1.82, 2.24) is 10.2 Å². The molecule has 0 saturated heterocycles. The molecule has 0 aliphatic rings. The Morgan fingerprint density at radius 3 is 2.37 bits per heavy atom. The minimum atomic E-state index is -0.502. The Hall–Kier alpha value is -2.82. The van der Waals surface area contributed by atoms with Crippen molar-refractivity contribution in [2.45, 2.75) is 52.6 Å². The minimum absolute atomic E-state index is 0.0202. The fraction of sp³-hybridized carbons (Fsp3) is 0.440. The van der Waals surface area contributed by atoms with Crippen LogP contribution in [0.5, 0.6) is 5.75 Å². The van der Waals surface area contributed by atoms with E-state index in [4.69, 9.17) is 4.74 Å². The number of methoxy groups -OCH3 is 1. The molecule has 30 heavy (non-hydrogen) atoms. The maximum absolute atomic E-state index is 13.2. The van der Waals surface area contributed by atoms with E-state index in [0.29, 0.717) is 38.3 Å². The molecule has 1 atom stereocenters. The number of ether oxygens (including phenoxy) is 1. The van der Waals surface area contributed by atoms with Gasteiger partial charge in [0.15, 0.2) is 0 Å². The highest BCUT2D eigenvalue weighted by atomic mass is 16.5. The van der Waals surface area contributed by atoms with Crippen molar-refractivity contribution in [3.63, 3.8) is 0 Å². The SMILES string of the molecule is CCC(C(=O)NCC(C)C)N(Cc1cccc(OC)c1)C(=O)CCc1ccccc1. The summed E-state index contributed by atoms with van der Waals surface area (Å²) < 4.78 is 5.32. The molecule has 0 bridgehead atoms. The van der Waals surface area contributed by atoms with Gasteiger partial charge in [-0.2, -0.15) is 0 Å². The monoisotopic (exact) mass is 410 g/mol. The smallest absolute Gasteiger partial charge is 0.242 e. The lowest BCUT2D eigenvalue weighted by Gasteiger charge is -2.31. The molecule has 1 unspecified atom stereocenters. The van der Waals surface area contributed by atoms with E-state index in [1.54, 1.807) is 12.0 Å². The maximum atomic E-state index is 13.2.